The van der Waals surface area contributed by atoms with Crippen LogP contribution in [0.1, 0.15) is 24.9 Å². The van der Waals surface area contributed by atoms with E-state index in [2.05, 4.69) is 24.2 Å². The average molecular weight is 271 g/mol. The fourth-order valence-electron chi connectivity index (χ4n) is 2.81. The van der Waals surface area contributed by atoms with Crippen molar-refractivity contribution in [1.82, 2.24) is 10.2 Å². The zero-order valence-electron chi connectivity index (χ0n) is 10.9. The van der Waals surface area contributed by atoms with Gasteiger partial charge in [-0.3, -0.25) is 4.90 Å². The number of halogens is 2. The molecule has 1 fully saturated rings. The highest BCUT2D eigenvalue weighted by atomic mass is 35.5. The van der Waals surface area contributed by atoms with Crippen molar-refractivity contribution in [1.29, 1.82) is 0 Å². The van der Waals surface area contributed by atoms with Gasteiger partial charge in [-0.05, 0) is 45.1 Å². The Balaban J connectivity index is 2.25. The quantitative estimate of drug-likeness (QED) is 0.905. The Morgan fingerprint density at radius 1 is 1.50 bits per heavy atom. The predicted octanol–water partition coefficient (Wildman–Crippen LogP) is 3.08. The molecule has 0 radical (unpaired) electrons. The van der Waals surface area contributed by atoms with Gasteiger partial charge in [-0.1, -0.05) is 30.7 Å². The smallest absolute Gasteiger partial charge is 0.146 e. The number of nitrogens with one attached hydrogen (secondary N) is 1. The van der Waals surface area contributed by atoms with E-state index in [0.29, 0.717) is 5.92 Å². The minimum atomic E-state index is -0.264. The Labute approximate surface area is 113 Å². The number of benzene rings is 1. The van der Waals surface area contributed by atoms with Gasteiger partial charge in [0.25, 0.3) is 0 Å². The highest BCUT2D eigenvalue weighted by Gasteiger charge is 2.34. The van der Waals surface area contributed by atoms with Crippen LogP contribution < -0.4 is 5.32 Å². The monoisotopic (exact) mass is 270 g/mol. The van der Waals surface area contributed by atoms with Crippen molar-refractivity contribution < 1.29 is 4.39 Å². The molecular weight excluding hydrogens is 251 g/mol. The molecule has 0 spiro atoms. The molecular formula is C14H20ClFN2. The first-order chi connectivity index (χ1) is 8.65. The van der Waals surface area contributed by atoms with E-state index in [-0.39, 0.29) is 16.9 Å². The topological polar surface area (TPSA) is 15.3 Å². The van der Waals surface area contributed by atoms with Gasteiger partial charge in [-0.15, -0.1) is 0 Å². The molecule has 2 nitrogen and oxygen atoms in total. The van der Waals surface area contributed by atoms with E-state index in [1.807, 2.05) is 12.1 Å². The highest BCUT2D eigenvalue weighted by molar-refractivity contribution is 6.30. The van der Waals surface area contributed by atoms with Crippen molar-refractivity contribution in [3.63, 3.8) is 0 Å². The molecule has 1 heterocycles. The van der Waals surface area contributed by atoms with Gasteiger partial charge in [0.05, 0.1) is 5.02 Å². The normalized spacial score (nSPS) is 24.7. The minimum absolute atomic E-state index is 0.128. The first-order valence-electron chi connectivity index (χ1n) is 6.50. The molecule has 100 valence electrons. The summed E-state index contributed by atoms with van der Waals surface area (Å²) < 4.78 is 14.1. The number of nitrogens with zero attached hydrogens (tertiary/aromatic N) is 1. The van der Waals surface area contributed by atoms with Gasteiger partial charge in [-0.25, -0.2) is 4.39 Å². The van der Waals surface area contributed by atoms with E-state index in [9.17, 15) is 4.39 Å². The minimum Gasteiger partial charge on any atom is -0.317 e. The van der Waals surface area contributed by atoms with Crippen molar-refractivity contribution in [3.05, 3.63) is 34.6 Å². The van der Waals surface area contributed by atoms with Crippen molar-refractivity contribution in [3.8, 4) is 0 Å². The van der Waals surface area contributed by atoms with Crippen molar-refractivity contribution in [2.45, 2.75) is 19.4 Å². The van der Waals surface area contributed by atoms with Gasteiger partial charge >= 0.3 is 0 Å². The molecule has 1 aromatic carbocycles. The van der Waals surface area contributed by atoms with E-state index >= 15 is 0 Å². The van der Waals surface area contributed by atoms with E-state index in [1.54, 1.807) is 6.07 Å². The third-order valence-corrected chi connectivity index (χ3v) is 4.02. The van der Waals surface area contributed by atoms with Gasteiger partial charge < -0.3 is 5.32 Å². The van der Waals surface area contributed by atoms with E-state index in [1.165, 1.54) is 0 Å². The first-order valence-corrected chi connectivity index (χ1v) is 6.87. The zero-order chi connectivity index (χ0) is 13.1. The molecule has 2 atom stereocenters. The molecule has 0 amide bonds. The second-order valence-electron chi connectivity index (χ2n) is 4.92. The van der Waals surface area contributed by atoms with Gasteiger partial charge in [-0.2, -0.15) is 0 Å². The summed E-state index contributed by atoms with van der Waals surface area (Å²) in [6.07, 6.45) is 1.10. The van der Waals surface area contributed by atoms with Crippen LogP contribution in [0.5, 0.6) is 0 Å². The summed E-state index contributed by atoms with van der Waals surface area (Å²) in [5.41, 5.74) is 0.727. The van der Waals surface area contributed by atoms with Crippen LogP contribution in [0.3, 0.4) is 0 Å². The summed E-state index contributed by atoms with van der Waals surface area (Å²) in [5, 5.41) is 3.58. The Bertz CT molecular complexity index is 411. The predicted molar refractivity (Wildman–Crippen MR) is 73.4 cm³/mol. The number of hydrogen-bond acceptors (Lipinski definition) is 2. The van der Waals surface area contributed by atoms with E-state index < -0.39 is 0 Å². The lowest BCUT2D eigenvalue weighted by molar-refractivity contribution is 0.266. The molecule has 1 N–H and O–H groups in total. The molecule has 2 rings (SSSR count). The standard InChI is InChI=1S/C14H20ClFN2/c1-3-17-9-10-7-8-18(2)14(10)11-5-4-6-12(15)13(11)16/h4-6,10,14,17H,3,7-9H2,1-2H3. The van der Waals surface area contributed by atoms with Crippen LogP contribution in [-0.2, 0) is 0 Å². The van der Waals surface area contributed by atoms with Crippen LogP contribution in [0, 0.1) is 11.7 Å². The molecule has 1 aromatic rings. The Hall–Kier alpha value is -0.640. The molecule has 0 saturated carbocycles. The lowest BCUT2D eigenvalue weighted by atomic mass is 9.93. The van der Waals surface area contributed by atoms with Gasteiger partial charge in [0.1, 0.15) is 5.82 Å². The van der Waals surface area contributed by atoms with Crippen molar-refractivity contribution >= 4 is 11.6 Å². The SMILES string of the molecule is CCNCC1CCN(C)C1c1cccc(Cl)c1F. The summed E-state index contributed by atoms with van der Waals surface area (Å²) >= 11 is 5.88. The fraction of sp³-hybridized carbons (Fsp3) is 0.571. The van der Waals surface area contributed by atoms with Crippen LogP contribution >= 0.6 is 11.6 Å². The highest BCUT2D eigenvalue weighted by Crippen LogP contribution is 2.38. The second-order valence-corrected chi connectivity index (χ2v) is 5.33. The Morgan fingerprint density at radius 2 is 2.28 bits per heavy atom. The van der Waals surface area contributed by atoms with Crippen molar-refractivity contribution in [2.24, 2.45) is 5.92 Å². The fourth-order valence-corrected chi connectivity index (χ4v) is 2.99. The molecule has 1 saturated heterocycles. The number of likely N-dealkylation sites (tertiary alicyclic amines) is 1. The third kappa shape index (κ3) is 2.68. The van der Waals surface area contributed by atoms with Crippen LogP contribution in [0.15, 0.2) is 18.2 Å². The Kier molecular flexibility index (Phi) is 4.60. The second kappa shape index (κ2) is 6.00. The number of rotatable bonds is 4. The van der Waals surface area contributed by atoms with Crippen LogP contribution in [0.4, 0.5) is 4.39 Å². The van der Waals surface area contributed by atoms with Gasteiger partial charge in [0.15, 0.2) is 0 Å². The van der Waals surface area contributed by atoms with Gasteiger partial charge in [0, 0.05) is 11.6 Å². The summed E-state index contributed by atoms with van der Waals surface area (Å²) in [6, 6.07) is 5.42. The maximum Gasteiger partial charge on any atom is 0.146 e. The molecule has 0 bridgehead atoms. The molecule has 2 unspecified atom stereocenters. The molecule has 0 aliphatic carbocycles. The molecule has 0 aromatic heterocycles. The van der Waals surface area contributed by atoms with Gasteiger partial charge in [0.2, 0.25) is 0 Å². The van der Waals surface area contributed by atoms with E-state index in [4.69, 9.17) is 11.6 Å². The number of hydrogen-bond donors (Lipinski definition) is 1. The van der Waals surface area contributed by atoms with E-state index in [0.717, 1.165) is 31.6 Å². The molecule has 4 heteroatoms. The maximum absolute atomic E-state index is 14.1. The summed E-state index contributed by atoms with van der Waals surface area (Å²) in [7, 11) is 2.05. The third-order valence-electron chi connectivity index (χ3n) is 3.73. The molecule has 1 aliphatic rings. The molecule has 18 heavy (non-hydrogen) atoms. The summed E-state index contributed by atoms with van der Waals surface area (Å²) in [4.78, 5) is 2.22. The summed E-state index contributed by atoms with van der Waals surface area (Å²) in [6.45, 7) is 4.97. The van der Waals surface area contributed by atoms with Crippen molar-refractivity contribution in [2.75, 3.05) is 26.7 Å². The largest absolute Gasteiger partial charge is 0.317 e. The zero-order valence-corrected chi connectivity index (χ0v) is 11.7. The van der Waals surface area contributed by atoms with Crippen LogP contribution in [-0.4, -0.2) is 31.6 Å². The maximum atomic E-state index is 14.1. The van der Waals surface area contributed by atoms with Crippen LogP contribution in [0.2, 0.25) is 5.02 Å². The molecule has 1 aliphatic heterocycles. The first kappa shape index (κ1) is 13.8. The van der Waals surface area contributed by atoms with Crippen LogP contribution in [0.25, 0.3) is 0 Å². The lowest BCUT2D eigenvalue weighted by Crippen LogP contribution is -2.29. The summed E-state index contributed by atoms with van der Waals surface area (Å²) in [5.74, 6) is 0.183. The average Bonchev–Trinajstić information content (AvgIpc) is 2.72. The Morgan fingerprint density at radius 3 is 3.00 bits per heavy atom. The lowest BCUT2D eigenvalue weighted by Gasteiger charge is -2.26.